The van der Waals surface area contributed by atoms with Crippen molar-refractivity contribution in [1.82, 2.24) is 20.2 Å². The Labute approximate surface area is 136 Å². The molecule has 2 aromatic heterocycles. The van der Waals surface area contributed by atoms with E-state index in [-0.39, 0.29) is 0 Å². The lowest BCUT2D eigenvalue weighted by Crippen LogP contribution is -2.59. The fourth-order valence-electron chi connectivity index (χ4n) is 3.34. The van der Waals surface area contributed by atoms with Crippen LogP contribution in [0.15, 0.2) is 18.5 Å². The molecule has 2 aliphatic rings. The maximum Gasteiger partial charge on any atom is 0.151 e. The summed E-state index contributed by atoms with van der Waals surface area (Å²) in [5.41, 5.74) is 3.59. The van der Waals surface area contributed by atoms with Crippen LogP contribution >= 0.6 is 0 Å². The molecule has 0 saturated carbocycles. The van der Waals surface area contributed by atoms with Gasteiger partial charge in [-0.2, -0.15) is 5.10 Å². The molecule has 4 rings (SSSR count). The topological polar surface area (TPSA) is 58.0 Å². The van der Waals surface area contributed by atoms with Gasteiger partial charge in [0, 0.05) is 31.9 Å². The summed E-state index contributed by atoms with van der Waals surface area (Å²) in [7, 11) is 2.10. The average Bonchev–Trinajstić information content (AvgIpc) is 2.53. The molecule has 23 heavy (non-hydrogen) atoms. The second kappa shape index (κ2) is 5.76. The number of aryl methyl sites for hydroxylation is 3. The van der Waals surface area contributed by atoms with Crippen molar-refractivity contribution < 1.29 is 0 Å². The number of hydrogen-bond acceptors (Lipinski definition) is 6. The molecule has 1 aliphatic carbocycles. The maximum absolute atomic E-state index is 4.44. The van der Waals surface area contributed by atoms with Crippen LogP contribution in [0, 0.1) is 6.92 Å². The van der Waals surface area contributed by atoms with Crippen LogP contribution in [0.5, 0.6) is 0 Å². The number of likely N-dealkylation sites (N-methyl/N-ethyl adjacent to an activating group) is 1. The Morgan fingerprint density at radius 1 is 1.09 bits per heavy atom. The Bertz CT molecular complexity index is 710. The average molecular weight is 310 g/mol. The van der Waals surface area contributed by atoms with Crippen molar-refractivity contribution in [2.45, 2.75) is 38.6 Å². The minimum atomic E-state index is 0.460. The Hall–Kier alpha value is -2.24. The van der Waals surface area contributed by atoms with E-state index in [9.17, 15) is 0 Å². The molecule has 1 saturated heterocycles. The molecule has 0 N–H and O–H groups in total. The first-order valence-electron chi connectivity index (χ1n) is 8.32. The monoisotopic (exact) mass is 310 g/mol. The second-order valence-electron chi connectivity index (χ2n) is 6.57. The van der Waals surface area contributed by atoms with Gasteiger partial charge in [-0.25, -0.2) is 9.97 Å². The molecule has 120 valence electrons. The van der Waals surface area contributed by atoms with E-state index in [1.165, 1.54) is 24.1 Å². The first-order chi connectivity index (χ1) is 11.2. The van der Waals surface area contributed by atoms with Gasteiger partial charge >= 0.3 is 0 Å². The van der Waals surface area contributed by atoms with Crippen molar-refractivity contribution in [2.24, 2.45) is 0 Å². The molecule has 0 radical (unpaired) electrons. The van der Waals surface area contributed by atoms with E-state index in [1.54, 1.807) is 6.33 Å². The minimum Gasteiger partial charge on any atom is -0.353 e. The van der Waals surface area contributed by atoms with Crippen LogP contribution in [-0.2, 0) is 12.8 Å². The van der Waals surface area contributed by atoms with Gasteiger partial charge in [-0.05, 0) is 44.2 Å². The SMILES string of the molecule is Cc1cc(N(C)C2CN(c3cc4c(nn3)CCCC4)C2)ncn1. The van der Waals surface area contributed by atoms with E-state index in [2.05, 4.69) is 43.1 Å². The molecule has 0 spiro atoms. The summed E-state index contributed by atoms with van der Waals surface area (Å²) in [5.74, 6) is 2.01. The van der Waals surface area contributed by atoms with Gasteiger partial charge in [-0.1, -0.05) is 0 Å². The molecule has 6 heteroatoms. The van der Waals surface area contributed by atoms with Crippen LogP contribution in [-0.4, -0.2) is 46.3 Å². The number of anilines is 2. The van der Waals surface area contributed by atoms with Gasteiger partial charge in [0.25, 0.3) is 0 Å². The summed E-state index contributed by atoms with van der Waals surface area (Å²) in [5, 5.41) is 8.86. The predicted molar refractivity (Wildman–Crippen MR) is 89.8 cm³/mol. The second-order valence-corrected chi connectivity index (χ2v) is 6.57. The zero-order valence-electron chi connectivity index (χ0n) is 13.7. The van der Waals surface area contributed by atoms with Crippen LogP contribution in [0.4, 0.5) is 11.6 Å². The smallest absolute Gasteiger partial charge is 0.151 e. The maximum atomic E-state index is 4.44. The predicted octanol–water partition coefficient (Wildman–Crippen LogP) is 1.78. The van der Waals surface area contributed by atoms with Crippen molar-refractivity contribution in [1.29, 1.82) is 0 Å². The van der Waals surface area contributed by atoms with Crippen molar-refractivity contribution in [3.05, 3.63) is 35.4 Å². The normalized spacial score (nSPS) is 17.6. The van der Waals surface area contributed by atoms with Crippen molar-refractivity contribution >= 4 is 11.6 Å². The van der Waals surface area contributed by atoms with Crippen molar-refractivity contribution in [2.75, 3.05) is 29.9 Å². The molecule has 0 amide bonds. The number of fused-ring (bicyclic) bond motifs is 1. The molecule has 0 bridgehead atoms. The summed E-state index contributed by atoms with van der Waals surface area (Å²) in [6, 6.07) is 4.73. The van der Waals surface area contributed by atoms with Gasteiger partial charge < -0.3 is 9.80 Å². The van der Waals surface area contributed by atoms with E-state index in [0.29, 0.717) is 6.04 Å². The van der Waals surface area contributed by atoms with Crippen LogP contribution in [0.25, 0.3) is 0 Å². The fourth-order valence-corrected chi connectivity index (χ4v) is 3.34. The summed E-state index contributed by atoms with van der Waals surface area (Å²) in [6.07, 6.45) is 6.38. The van der Waals surface area contributed by atoms with E-state index >= 15 is 0 Å². The summed E-state index contributed by atoms with van der Waals surface area (Å²) >= 11 is 0. The standard InChI is InChI=1S/C17H22N6/c1-12-7-16(19-11-18-12)22(2)14-9-23(10-14)17-8-13-5-3-4-6-15(13)20-21-17/h7-8,11,14H,3-6,9-10H2,1-2H3. The lowest BCUT2D eigenvalue weighted by atomic mass is 9.96. The van der Waals surface area contributed by atoms with Gasteiger partial charge in [0.2, 0.25) is 0 Å². The minimum absolute atomic E-state index is 0.460. The summed E-state index contributed by atoms with van der Waals surface area (Å²) in [6.45, 7) is 3.93. The Balaban J connectivity index is 1.43. The Morgan fingerprint density at radius 2 is 1.91 bits per heavy atom. The van der Waals surface area contributed by atoms with Gasteiger partial charge in [-0.3, -0.25) is 0 Å². The highest BCUT2D eigenvalue weighted by Gasteiger charge is 2.32. The van der Waals surface area contributed by atoms with E-state index in [0.717, 1.165) is 43.3 Å². The van der Waals surface area contributed by atoms with Gasteiger partial charge in [0.05, 0.1) is 11.7 Å². The molecule has 0 unspecified atom stereocenters. The first-order valence-corrected chi connectivity index (χ1v) is 8.32. The number of aromatic nitrogens is 4. The van der Waals surface area contributed by atoms with Gasteiger partial charge in [0.1, 0.15) is 12.1 Å². The highest BCUT2D eigenvalue weighted by molar-refractivity contribution is 5.49. The molecular weight excluding hydrogens is 288 g/mol. The van der Waals surface area contributed by atoms with Crippen molar-refractivity contribution in [3.63, 3.8) is 0 Å². The number of nitrogens with zero attached hydrogens (tertiary/aromatic N) is 6. The third-order valence-electron chi connectivity index (χ3n) is 4.94. The number of hydrogen-bond donors (Lipinski definition) is 0. The molecule has 1 aliphatic heterocycles. The molecule has 3 heterocycles. The first kappa shape index (κ1) is 14.4. The van der Waals surface area contributed by atoms with Crippen LogP contribution in [0.2, 0.25) is 0 Å². The highest BCUT2D eigenvalue weighted by atomic mass is 15.4. The fraction of sp³-hybridized carbons (Fsp3) is 0.529. The summed E-state index contributed by atoms with van der Waals surface area (Å²) in [4.78, 5) is 13.1. The zero-order valence-corrected chi connectivity index (χ0v) is 13.7. The summed E-state index contributed by atoms with van der Waals surface area (Å²) < 4.78 is 0. The van der Waals surface area contributed by atoms with E-state index in [1.807, 2.05) is 13.0 Å². The van der Waals surface area contributed by atoms with Gasteiger partial charge in [0.15, 0.2) is 5.82 Å². The van der Waals surface area contributed by atoms with Crippen LogP contribution in [0.1, 0.15) is 29.8 Å². The third-order valence-corrected chi connectivity index (χ3v) is 4.94. The van der Waals surface area contributed by atoms with E-state index in [4.69, 9.17) is 0 Å². The quantitative estimate of drug-likeness (QED) is 0.861. The molecule has 6 nitrogen and oxygen atoms in total. The lowest BCUT2D eigenvalue weighted by Gasteiger charge is -2.45. The molecule has 2 aromatic rings. The highest BCUT2D eigenvalue weighted by Crippen LogP contribution is 2.27. The van der Waals surface area contributed by atoms with Gasteiger partial charge in [-0.15, -0.1) is 5.10 Å². The number of rotatable bonds is 3. The molecule has 0 atom stereocenters. The largest absolute Gasteiger partial charge is 0.353 e. The molecular formula is C17H22N6. The van der Waals surface area contributed by atoms with E-state index < -0.39 is 0 Å². The zero-order chi connectivity index (χ0) is 15.8. The van der Waals surface area contributed by atoms with Crippen LogP contribution < -0.4 is 9.80 Å². The third kappa shape index (κ3) is 2.73. The van der Waals surface area contributed by atoms with Crippen molar-refractivity contribution in [3.8, 4) is 0 Å². The lowest BCUT2D eigenvalue weighted by molar-refractivity contribution is 0.486. The molecule has 1 fully saturated rings. The Morgan fingerprint density at radius 3 is 2.74 bits per heavy atom. The van der Waals surface area contributed by atoms with Crippen LogP contribution in [0.3, 0.4) is 0 Å². The molecule has 0 aromatic carbocycles. The Kier molecular flexibility index (Phi) is 3.59.